The summed E-state index contributed by atoms with van der Waals surface area (Å²) in [5, 5.41) is 8.12. The Kier molecular flexibility index (Phi) is 2.61. The molecule has 0 aromatic carbocycles. The van der Waals surface area contributed by atoms with Crippen LogP contribution >= 0.6 is 11.6 Å². The number of hydrogen-bond donors (Lipinski definition) is 1. The maximum absolute atomic E-state index is 8.12. The molecule has 1 radical (unpaired) electrons. The van der Waals surface area contributed by atoms with Crippen molar-refractivity contribution in [2.45, 2.75) is 6.10 Å². The van der Waals surface area contributed by atoms with Gasteiger partial charge in [0.25, 0.3) is 0 Å². The maximum atomic E-state index is 8.12. The molecule has 0 bridgehead atoms. The van der Waals surface area contributed by atoms with Crippen LogP contribution < -0.4 is 0 Å². The Labute approximate surface area is 36.6 Å². The summed E-state index contributed by atoms with van der Waals surface area (Å²) in [5.41, 5.74) is 0. The Morgan fingerprint density at radius 1 is 2.00 bits per heavy atom. The lowest BCUT2D eigenvalue weighted by molar-refractivity contribution is 0.245. The van der Waals surface area contributed by atoms with Gasteiger partial charge in [-0.25, -0.2) is 0 Å². The van der Waals surface area contributed by atoms with Crippen molar-refractivity contribution in [3.05, 3.63) is 6.92 Å². The van der Waals surface area contributed by atoms with Crippen molar-refractivity contribution in [3.63, 3.8) is 0 Å². The Balaban J connectivity index is 2.54. The highest BCUT2D eigenvalue weighted by Gasteiger charge is 1.84. The van der Waals surface area contributed by atoms with E-state index in [1.807, 2.05) is 0 Å². The standard InChI is InChI=1S/C3H6ClO/c1-3(5)2-4/h3,5H,1-2H2/t3-/m1/s1. The van der Waals surface area contributed by atoms with Crippen molar-refractivity contribution < 1.29 is 5.11 Å². The molecule has 0 aromatic rings. The number of aliphatic hydroxyl groups is 1. The van der Waals surface area contributed by atoms with E-state index in [2.05, 4.69) is 6.92 Å². The van der Waals surface area contributed by atoms with Crippen LogP contribution in [0.15, 0.2) is 0 Å². The van der Waals surface area contributed by atoms with Crippen LogP contribution in [-0.4, -0.2) is 17.1 Å². The Morgan fingerprint density at radius 3 is 2.20 bits per heavy atom. The molecule has 31 valence electrons. The highest BCUT2D eigenvalue weighted by molar-refractivity contribution is 6.18. The van der Waals surface area contributed by atoms with E-state index in [0.29, 0.717) is 0 Å². The summed E-state index contributed by atoms with van der Waals surface area (Å²) in [6, 6.07) is 0. The molecular weight excluding hydrogens is 87.5 g/mol. The van der Waals surface area contributed by atoms with Gasteiger partial charge >= 0.3 is 0 Å². The van der Waals surface area contributed by atoms with Crippen LogP contribution in [0.4, 0.5) is 0 Å². The molecule has 1 atom stereocenters. The van der Waals surface area contributed by atoms with Crippen LogP contribution in [0.25, 0.3) is 0 Å². The van der Waals surface area contributed by atoms with E-state index in [1.54, 1.807) is 0 Å². The fourth-order valence-electron chi connectivity index (χ4n) is 0. The summed E-state index contributed by atoms with van der Waals surface area (Å²) in [6.07, 6.45) is -0.600. The zero-order valence-corrected chi connectivity index (χ0v) is 3.57. The molecule has 0 aliphatic rings. The third kappa shape index (κ3) is 4.25. The summed E-state index contributed by atoms with van der Waals surface area (Å²) >= 11 is 5.02. The minimum atomic E-state index is -0.600. The first kappa shape index (κ1) is 5.25. The third-order valence-electron chi connectivity index (χ3n) is 0.178. The molecule has 0 aromatic heterocycles. The van der Waals surface area contributed by atoms with Gasteiger partial charge in [-0.1, -0.05) is 0 Å². The summed E-state index contributed by atoms with van der Waals surface area (Å²) in [5.74, 6) is 0.222. The molecule has 2 heteroatoms. The molecule has 1 N–H and O–H groups in total. The van der Waals surface area contributed by atoms with Crippen molar-refractivity contribution in [2.24, 2.45) is 0 Å². The smallest absolute Gasteiger partial charge is 0.0676 e. The zero-order valence-electron chi connectivity index (χ0n) is 2.82. The number of aliphatic hydroxyl groups excluding tert-OH is 1. The second-order valence-corrected chi connectivity index (χ2v) is 1.12. The molecule has 0 spiro atoms. The third-order valence-corrected chi connectivity index (χ3v) is 0.534. The molecule has 0 saturated heterocycles. The number of alkyl halides is 1. The Hall–Kier alpha value is 0.250. The monoisotopic (exact) mass is 93.0 g/mol. The highest BCUT2D eigenvalue weighted by Crippen LogP contribution is 1.79. The summed E-state index contributed by atoms with van der Waals surface area (Å²) in [7, 11) is 0. The van der Waals surface area contributed by atoms with E-state index in [-0.39, 0.29) is 5.88 Å². The van der Waals surface area contributed by atoms with Crippen LogP contribution in [0.2, 0.25) is 0 Å². The molecular formula is C3H6ClO. The van der Waals surface area contributed by atoms with Gasteiger partial charge in [-0.15, -0.1) is 11.6 Å². The van der Waals surface area contributed by atoms with Gasteiger partial charge < -0.3 is 5.11 Å². The van der Waals surface area contributed by atoms with Crippen molar-refractivity contribution in [2.75, 3.05) is 5.88 Å². The lowest BCUT2D eigenvalue weighted by atomic mass is 10.5. The van der Waals surface area contributed by atoms with Gasteiger partial charge in [0.05, 0.1) is 6.10 Å². The largest absolute Gasteiger partial charge is 0.392 e. The molecule has 0 unspecified atom stereocenters. The fourth-order valence-corrected chi connectivity index (χ4v) is 0. The van der Waals surface area contributed by atoms with Crippen LogP contribution in [0.1, 0.15) is 0 Å². The van der Waals surface area contributed by atoms with E-state index in [4.69, 9.17) is 16.7 Å². The summed E-state index contributed by atoms with van der Waals surface area (Å²) in [6.45, 7) is 3.18. The van der Waals surface area contributed by atoms with E-state index >= 15 is 0 Å². The normalized spacial score (nSPS) is 15.0. The van der Waals surface area contributed by atoms with E-state index in [9.17, 15) is 0 Å². The van der Waals surface area contributed by atoms with Crippen LogP contribution in [0.5, 0.6) is 0 Å². The Bertz CT molecular complexity index is 20.9. The Morgan fingerprint density at radius 2 is 2.20 bits per heavy atom. The van der Waals surface area contributed by atoms with Gasteiger partial charge in [0.1, 0.15) is 0 Å². The van der Waals surface area contributed by atoms with Gasteiger partial charge in [-0.05, 0) is 6.92 Å². The molecule has 0 rings (SSSR count). The molecule has 5 heavy (non-hydrogen) atoms. The SMILES string of the molecule is [CH2][C@@H](O)CCl. The second-order valence-electron chi connectivity index (χ2n) is 0.808. The van der Waals surface area contributed by atoms with E-state index in [0.717, 1.165) is 0 Å². The molecule has 1 nitrogen and oxygen atoms in total. The van der Waals surface area contributed by atoms with Crippen molar-refractivity contribution in [1.29, 1.82) is 0 Å². The molecule has 0 aliphatic heterocycles. The minimum Gasteiger partial charge on any atom is -0.392 e. The van der Waals surface area contributed by atoms with Crippen molar-refractivity contribution >= 4 is 11.6 Å². The number of rotatable bonds is 1. The van der Waals surface area contributed by atoms with Gasteiger partial charge in [0.15, 0.2) is 0 Å². The van der Waals surface area contributed by atoms with Gasteiger partial charge in [-0.3, -0.25) is 0 Å². The predicted molar refractivity (Wildman–Crippen MR) is 22.1 cm³/mol. The average Bonchev–Trinajstić information content (AvgIpc) is 1.38. The van der Waals surface area contributed by atoms with Gasteiger partial charge in [0, 0.05) is 5.88 Å². The number of halogens is 1. The lowest BCUT2D eigenvalue weighted by Crippen LogP contribution is -1.99. The average molecular weight is 93.5 g/mol. The van der Waals surface area contributed by atoms with Gasteiger partial charge in [-0.2, -0.15) is 0 Å². The zero-order chi connectivity index (χ0) is 4.28. The van der Waals surface area contributed by atoms with Gasteiger partial charge in [0.2, 0.25) is 0 Å². The van der Waals surface area contributed by atoms with E-state index < -0.39 is 6.10 Å². The topological polar surface area (TPSA) is 20.2 Å². The van der Waals surface area contributed by atoms with Crippen LogP contribution in [-0.2, 0) is 0 Å². The summed E-state index contributed by atoms with van der Waals surface area (Å²) in [4.78, 5) is 0. The molecule has 0 fully saturated rings. The predicted octanol–water partition coefficient (Wildman–Crippen LogP) is 0.420. The molecule has 0 aliphatic carbocycles. The van der Waals surface area contributed by atoms with Crippen LogP contribution in [0, 0.1) is 6.92 Å². The first-order valence-electron chi connectivity index (χ1n) is 1.34. The maximum Gasteiger partial charge on any atom is 0.0676 e. The highest BCUT2D eigenvalue weighted by atomic mass is 35.5. The molecule has 0 amide bonds. The van der Waals surface area contributed by atoms with Crippen molar-refractivity contribution in [1.82, 2.24) is 0 Å². The second kappa shape index (κ2) is 2.49. The quantitative estimate of drug-likeness (QED) is 0.466. The van der Waals surface area contributed by atoms with E-state index in [1.165, 1.54) is 0 Å². The molecule has 0 saturated carbocycles. The first-order chi connectivity index (χ1) is 2.27. The number of hydrogen-bond acceptors (Lipinski definition) is 1. The molecule has 0 heterocycles. The lowest BCUT2D eigenvalue weighted by Gasteiger charge is -1.88. The minimum absolute atomic E-state index is 0.222. The summed E-state index contributed by atoms with van der Waals surface area (Å²) < 4.78 is 0. The van der Waals surface area contributed by atoms with Crippen LogP contribution in [0.3, 0.4) is 0 Å². The fraction of sp³-hybridized carbons (Fsp3) is 0.667. The van der Waals surface area contributed by atoms with Crippen molar-refractivity contribution in [3.8, 4) is 0 Å². The first-order valence-corrected chi connectivity index (χ1v) is 1.88.